The van der Waals surface area contributed by atoms with Crippen LogP contribution in [0.4, 0.5) is 5.13 Å². The number of nitrogens with zero attached hydrogens (tertiary/aromatic N) is 3. The van der Waals surface area contributed by atoms with Crippen molar-refractivity contribution in [2.24, 2.45) is 0 Å². The summed E-state index contributed by atoms with van der Waals surface area (Å²) in [6.45, 7) is 13.5. The summed E-state index contributed by atoms with van der Waals surface area (Å²) in [7, 11) is 0. The number of rotatable bonds is 7. The number of aromatic nitrogens is 1. The number of hydrogen-bond acceptors (Lipinski definition) is 6. The molecule has 0 saturated carbocycles. The molecular formula is C26H39N3O2S. The maximum atomic E-state index is 9.72. The fourth-order valence-corrected chi connectivity index (χ4v) is 6.17. The van der Waals surface area contributed by atoms with E-state index in [1.54, 1.807) is 11.3 Å². The molecule has 0 radical (unpaired) electrons. The van der Waals surface area contributed by atoms with E-state index in [0.29, 0.717) is 0 Å². The summed E-state index contributed by atoms with van der Waals surface area (Å²) in [5, 5.41) is 22.1. The molecule has 2 aliphatic rings. The van der Waals surface area contributed by atoms with E-state index in [0.717, 1.165) is 49.8 Å². The minimum atomic E-state index is 0.152. The summed E-state index contributed by atoms with van der Waals surface area (Å²) >= 11 is 1.73. The molecule has 1 atom stereocenters. The molecule has 6 heteroatoms. The Bertz CT molecular complexity index is 916. The average molecular weight is 458 g/mol. The lowest BCUT2D eigenvalue weighted by atomic mass is 9.63. The van der Waals surface area contributed by atoms with Crippen LogP contribution in [0.25, 0.3) is 11.3 Å². The van der Waals surface area contributed by atoms with Crippen molar-refractivity contribution in [3.63, 3.8) is 0 Å². The number of benzene rings is 1. The summed E-state index contributed by atoms with van der Waals surface area (Å²) in [6.07, 6.45) is 4.04. The number of aliphatic hydroxyl groups is 2. The molecule has 1 saturated heterocycles. The van der Waals surface area contributed by atoms with E-state index in [1.165, 1.54) is 29.5 Å². The molecule has 4 rings (SSSR count). The summed E-state index contributed by atoms with van der Waals surface area (Å²) in [4.78, 5) is 9.75. The van der Waals surface area contributed by atoms with Gasteiger partial charge in [-0.05, 0) is 53.7 Å². The van der Waals surface area contributed by atoms with Gasteiger partial charge >= 0.3 is 0 Å². The molecule has 5 nitrogen and oxygen atoms in total. The third kappa shape index (κ3) is 4.74. The van der Waals surface area contributed by atoms with Crippen molar-refractivity contribution < 1.29 is 10.2 Å². The van der Waals surface area contributed by atoms with Gasteiger partial charge in [-0.2, -0.15) is 0 Å². The molecule has 1 aliphatic heterocycles. The van der Waals surface area contributed by atoms with Gasteiger partial charge in [0.25, 0.3) is 0 Å². The van der Waals surface area contributed by atoms with Gasteiger partial charge in [-0.1, -0.05) is 39.8 Å². The zero-order chi connectivity index (χ0) is 22.9. The highest BCUT2D eigenvalue weighted by Gasteiger charge is 2.37. The fraction of sp³-hybridized carbons (Fsp3) is 0.654. The van der Waals surface area contributed by atoms with E-state index in [1.807, 2.05) is 0 Å². The quantitative estimate of drug-likeness (QED) is 0.645. The lowest BCUT2D eigenvalue weighted by Crippen LogP contribution is -2.51. The maximum Gasteiger partial charge on any atom is 0.185 e. The average Bonchev–Trinajstić information content (AvgIpc) is 3.28. The van der Waals surface area contributed by atoms with Gasteiger partial charge < -0.3 is 15.1 Å². The Morgan fingerprint density at radius 1 is 1.00 bits per heavy atom. The molecule has 1 aliphatic carbocycles. The van der Waals surface area contributed by atoms with Crippen molar-refractivity contribution in [1.82, 2.24) is 9.88 Å². The van der Waals surface area contributed by atoms with Crippen molar-refractivity contribution in [1.29, 1.82) is 0 Å². The number of aliphatic hydroxyl groups excluding tert-OH is 2. The Balaban J connectivity index is 1.47. The zero-order valence-corrected chi connectivity index (χ0v) is 20.9. The van der Waals surface area contributed by atoms with Gasteiger partial charge in [0.05, 0.1) is 12.3 Å². The third-order valence-electron chi connectivity index (χ3n) is 7.65. The summed E-state index contributed by atoms with van der Waals surface area (Å²) in [6, 6.07) is 7.13. The number of anilines is 1. The number of hydrogen-bond donors (Lipinski definition) is 2. The van der Waals surface area contributed by atoms with Crippen LogP contribution >= 0.6 is 11.3 Å². The van der Waals surface area contributed by atoms with Gasteiger partial charge in [0.1, 0.15) is 0 Å². The van der Waals surface area contributed by atoms with E-state index in [9.17, 15) is 5.11 Å². The van der Waals surface area contributed by atoms with Crippen LogP contribution in [0.15, 0.2) is 23.6 Å². The van der Waals surface area contributed by atoms with Gasteiger partial charge in [0, 0.05) is 49.8 Å². The van der Waals surface area contributed by atoms with Crippen LogP contribution in [-0.4, -0.2) is 65.5 Å². The van der Waals surface area contributed by atoms with Gasteiger partial charge in [0.15, 0.2) is 5.13 Å². The Hall–Kier alpha value is -1.47. The topological polar surface area (TPSA) is 59.8 Å². The largest absolute Gasteiger partial charge is 0.396 e. The second kappa shape index (κ2) is 9.41. The summed E-state index contributed by atoms with van der Waals surface area (Å²) in [5.74, 6) is 0. The Morgan fingerprint density at radius 2 is 1.69 bits per heavy atom. The molecule has 1 fully saturated rings. The molecule has 0 amide bonds. The fourth-order valence-electron chi connectivity index (χ4n) is 5.28. The molecule has 2 aromatic rings. The first-order chi connectivity index (χ1) is 15.2. The lowest BCUT2D eigenvalue weighted by molar-refractivity contribution is 0.104. The minimum Gasteiger partial charge on any atom is -0.396 e. The molecule has 2 heterocycles. The molecule has 1 unspecified atom stereocenters. The maximum absolute atomic E-state index is 9.72. The smallest absolute Gasteiger partial charge is 0.185 e. The van der Waals surface area contributed by atoms with Crippen molar-refractivity contribution >= 4 is 16.5 Å². The second-order valence-corrected chi connectivity index (χ2v) is 11.6. The van der Waals surface area contributed by atoms with Crippen LogP contribution in [0.3, 0.4) is 0 Å². The molecule has 32 heavy (non-hydrogen) atoms. The number of piperazine rings is 1. The van der Waals surface area contributed by atoms with Crippen molar-refractivity contribution in [3.8, 4) is 11.3 Å². The SMILES string of the molecule is CC1(C)CCC(C)(C)c2cc(-c3csc(N4CCN(C(CO)CCCO)CC4)n3)ccc21. The monoisotopic (exact) mass is 457 g/mol. The highest BCUT2D eigenvalue weighted by Crippen LogP contribution is 2.46. The van der Waals surface area contributed by atoms with Crippen LogP contribution in [-0.2, 0) is 10.8 Å². The van der Waals surface area contributed by atoms with Crippen molar-refractivity contribution in [3.05, 3.63) is 34.7 Å². The highest BCUT2D eigenvalue weighted by molar-refractivity contribution is 7.14. The standard InChI is InChI=1S/C26H39N3O2S/c1-25(2)9-10-26(3,4)22-16-19(7-8-21(22)25)23-18-32-24(27-23)29-13-11-28(12-14-29)20(17-31)6-5-15-30/h7-8,16,18,20,30-31H,5-6,9-15,17H2,1-4H3. The molecule has 0 bridgehead atoms. The van der Waals surface area contributed by atoms with Gasteiger partial charge in [-0.25, -0.2) is 4.98 Å². The first-order valence-electron chi connectivity index (χ1n) is 12.1. The van der Waals surface area contributed by atoms with Crippen molar-refractivity contribution in [2.45, 2.75) is 70.3 Å². The number of fused-ring (bicyclic) bond motifs is 1. The van der Waals surface area contributed by atoms with Crippen LogP contribution in [0.2, 0.25) is 0 Å². The van der Waals surface area contributed by atoms with Gasteiger partial charge in [0.2, 0.25) is 0 Å². The Morgan fingerprint density at radius 3 is 2.34 bits per heavy atom. The molecule has 176 valence electrons. The third-order valence-corrected chi connectivity index (χ3v) is 8.55. The first kappa shape index (κ1) is 23.7. The summed E-state index contributed by atoms with van der Waals surface area (Å²) in [5.41, 5.74) is 5.71. The Kier molecular flexibility index (Phi) is 6.97. The van der Waals surface area contributed by atoms with Crippen LogP contribution < -0.4 is 4.90 Å². The van der Waals surface area contributed by atoms with E-state index in [2.05, 4.69) is 61.1 Å². The highest BCUT2D eigenvalue weighted by atomic mass is 32.1. The molecule has 1 aromatic heterocycles. The van der Waals surface area contributed by atoms with E-state index in [-0.39, 0.29) is 30.1 Å². The summed E-state index contributed by atoms with van der Waals surface area (Å²) < 4.78 is 0. The first-order valence-corrected chi connectivity index (χ1v) is 12.9. The molecule has 0 spiro atoms. The normalized spacial score (nSPS) is 21.4. The van der Waals surface area contributed by atoms with Gasteiger partial charge in [-0.3, -0.25) is 4.90 Å². The van der Waals surface area contributed by atoms with Crippen LogP contribution in [0.1, 0.15) is 64.5 Å². The predicted molar refractivity (Wildman–Crippen MR) is 134 cm³/mol. The Labute approximate surface area is 197 Å². The van der Waals surface area contributed by atoms with E-state index >= 15 is 0 Å². The zero-order valence-electron chi connectivity index (χ0n) is 20.1. The van der Waals surface area contributed by atoms with Crippen molar-refractivity contribution in [2.75, 3.05) is 44.3 Å². The molecule has 1 aromatic carbocycles. The predicted octanol–water partition coefficient (Wildman–Crippen LogP) is 4.41. The lowest BCUT2D eigenvalue weighted by Gasteiger charge is -2.42. The number of thiazole rings is 1. The minimum absolute atomic E-state index is 0.152. The van der Waals surface area contributed by atoms with E-state index in [4.69, 9.17) is 10.1 Å². The van der Waals surface area contributed by atoms with Gasteiger partial charge in [-0.15, -0.1) is 11.3 Å². The molecular weight excluding hydrogens is 418 g/mol. The van der Waals surface area contributed by atoms with Crippen LogP contribution in [0, 0.1) is 0 Å². The van der Waals surface area contributed by atoms with Crippen LogP contribution in [0.5, 0.6) is 0 Å². The second-order valence-electron chi connectivity index (χ2n) is 10.8. The molecule has 2 N–H and O–H groups in total. The van der Waals surface area contributed by atoms with E-state index < -0.39 is 0 Å².